The van der Waals surface area contributed by atoms with Crippen molar-refractivity contribution in [3.8, 4) is 17.2 Å². The van der Waals surface area contributed by atoms with E-state index in [0.717, 1.165) is 16.9 Å². The van der Waals surface area contributed by atoms with Crippen molar-refractivity contribution in [2.45, 2.75) is 11.7 Å². The third kappa shape index (κ3) is 4.43. The summed E-state index contributed by atoms with van der Waals surface area (Å²) in [5.41, 5.74) is 2.49. The highest BCUT2D eigenvalue weighted by molar-refractivity contribution is 8.14. The van der Waals surface area contributed by atoms with Gasteiger partial charge in [0.05, 0.1) is 32.7 Å². The van der Waals surface area contributed by atoms with Crippen molar-refractivity contribution < 1.29 is 19.0 Å². The molecule has 32 heavy (non-hydrogen) atoms. The zero-order valence-electron chi connectivity index (χ0n) is 18.1. The molecule has 3 aromatic rings. The van der Waals surface area contributed by atoms with E-state index in [2.05, 4.69) is 0 Å². The molecular weight excluding hydrogens is 424 g/mol. The molecule has 0 radical (unpaired) electrons. The molecule has 1 heterocycles. The lowest BCUT2D eigenvalue weighted by atomic mass is 10.1. The van der Waals surface area contributed by atoms with Crippen molar-refractivity contribution in [3.05, 3.63) is 78.4 Å². The van der Waals surface area contributed by atoms with E-state index in [0.29, 0.717) is 28.8 Å². The number of nitrogens with zero attached hydrogens (tertiary/aromatic N) is 2. The summed E-state index contributed by atoms with van der Waals surface area (Å²) in [6.45, 7) is 0. The summed E-state index contributed by atoms with van der Waals surface area (Å²) >= 11 is 1.54. The van der Waals surface area contributed by atoms with Crippen LogP contribution in [-0.4, -0.2) is 32.4 Å². The van der Waals surface area contributed by atoms with E-state index in [1.165, 1.54) is 0 Å². The number of ether oxygens (including phenoxy) is 3. The minimum absolute atomic E-state index is 0.0246. The van der Waals surface area contributed by atoms with E-state index < -0.39 is 0 Å². The van der Waals surface area contributed by atoms with Gasteiger partial charge in [-0.3, -0.25) is 9.69 Å². The third-order valence-corrected chi connectivity index (χ3v) is 6.31. The molecule has 1 amide bonds. The number of hydrogen-bond acceptors (Lipinski definition) is 6. The quantitative estimate of drug-likeness (QED) is 0.490. The van der Waals surface area contributed by atoms with Gasteiger partial charge in [-0.1, -0.05) is 48.2 Å². The normalized spacial score (nSPS) is 17.3. The molecule has 0 saturated carbocycles. The lowest BCUT2D eigenvalue weighted by molar-refractivity contribution is -0.117. The molecule has 1 fully saturated rings. The Morgan fingerprint density at radius 3 is 2.03 bits per heavy atom. The molecule has 7 heteroatoms. The maximum absolute atomic E-state index is 13.4. The van der Waals surface area contributed by atoms with Crippen LogP contribution in [0.5, 0.6) is 17.2 Å². The Balaban J connectivity index is 1.76. The maximum atomic E-state index is 13.4. The topological polar surface area (TPSA) is 60.4 Å². The molecule has 0 aromatic heterocycles. The van der Waals surface area contributed by atoms with Crippen molar-refractivity contribution in [2.24, 2.45) is 4.99 Å². The highest BCUT2D eigenvalue weighted by Gasteiger charge is 2.35. The summed E-state index contributed by atoms with van der Waals surface area (Å²) in [5.74, 6) is 1.61. The maximum Gasteiger partial charge on any atom is 0.234 e. The summed E-state index contributed by atoms with van der Waals surface area (Å²) in [6.07, 6.45) is 0.312. The van der Waals surface area contributed by atoms with E-state index in [1.54, 1.807) is 38.0 Å². The molecule has 6 nitrogen and oxygen atoms in total. The number of carbonyl (C=O) groups excluding carboxylic acids is 1. The first-order chi connectivity index (χ1) is 15.6. The van der Waals surface area contributed by atoms with E-state index in [1.807, 2.05) is 72.8 Å². The number of anilines is 1. The lowest BCUT2D eigenvalue weighted by Gasteiger charge is -2.33. The third-order valence-electron chi connectivity index (χ3n) is 5.10. The fourth-order valence-corrected chi connectivity index (χ4v) is 4.80. The second kappa shape index (κ2) is 9.78. The van der Waals surface area contributed by atoms with Gasteiger partial charge in [0.15, 0.2) is 16.7 Å². The molecule has 1 aliphatic rings. The molecule has 0 bridgehead atoms. The molecule has 0 spiro atoms. The Hall–Kier alpha value is -3.45. The summed E-state index contributed by atoms with van der Waals surface area (Å²) in [4.78, 5) is 19.9. The Morgan fingerprint density at radius 2 is 1.47 bits per heavy atom. The van der Waals surface area contributed by atoms with E-state index >= 15 is 0 Å². The van der Waals surface area contributed by atoms with Crippen molar-refractivity contribution >= 4 is 34.2 Å². The zero-order valence-corrected chi connectivity index (χ0v) is 19.0. The molecule has 4 rings (SSSR count). The van der Waals surface area contributed by atoms with Crippen molar-refractivity contribution in [2.75, 3.05) is 26.2 Å². The number of hydrogen-bond donors (Lipinski definition) is 0. The van der Waals surface area contributed by atoms with Crippen LogP contribution in [0.15, 0.2) is 77.8 Å². The van der Waals surface area contributed by atoms with Crippen LogP contribution >= 0.6 is 11.8 Å². The number of amidine groups is 1. The van der Waals surface area contributed by atoms with Gasteiger partial charge in [-0.15, -0.1) is 0 Å². The summed E-state index contributed by atoms with van der Waals surface area (Å²) in [7, 11) is 4.74. The number of amides is 1. The van der Waals surface area contributed by atoms with Crippen LogP contribution in [0.25, 0.3) is 0 Å². The molecular formula is C25H24N2O4S. The fraction of sp³-hybridized carbons (Fsp3) is 0.200. The van der Waals surface area contributed by atoms with Crippen LogP contribution in [0.1, 0.15) is 17.2 Å². The number of benzene rings is 3. The number of para-hydroxylation sites is 2. The SMILES string of the molecule is COc1cc([C@@H]2CC(=O)N(c3ccccc3)C(=Nc3ccccc3)S2)cc(OC)c1OC. The fourth-order valence-electron chi connectivity index (χ4n) is 3.57. The van der Waals surface area contributed by atoms with E-state index in [-0.39, 0.29) is 11.2 Å². The second-order valence-corrected chi connectivity index (χ2v) is 8.23. The molecule has 0 aliphatic carbocycles. The zero-order chi connectivity index (χ0) is 22.5. The predicted octanol–water partition coefficient (Wildman–Crippen LogP) is 5.61. The van der Waals surface area contributed by atoms with Gasteiger partial charge in [0, 0.05) is 11.7 Å². The first kappa shape index (κ1) is 21.8. The average molecular weight is 449 g/mol. The minimum atomic E-state index is -0.154. The lowest BCUT2D eigenvalue weighted by Crippen LogP contribution is -2.40. The molecule has 3 aromatic carbocycles. The van der Waals surface area contributed by atoms with E-state index in [9.17, 15) is 4.79 Å². The molecule has 0 unspecified atom stereocenters. The smallest absolute Gasteiger partial charge is 0.234 e. The number of carbonyl (C=O) groups is 1. The number of methoxy groups -OCH3 is 3. The number of rotatable bonds is 6. The molecule has 164 valence electrons. The Morgan fingerprint density at radius 1 is 0.875 bits per heavy atom. The first-order valence-electron chi connectivity index (χ1n) is 10.1. The average Bonchev–Trinajstić information content (AvgIpc) is 2.84. The number of thioether (sulfide) groups is 1. The van der Waals surface area contributed by atoms with Gasteiger partial charge >= 0.3 is 0 Å². The monoisotopic (exact) mass is 448 g/mol. The molecule has 1 saturated heterocycles. The molecule has 1 atom stereocenters. The van der Waals surface area contributed by atoms with Gasteiger partial charge < -0.3 is 14.2 Å². The summed E-state index contributed by atoms with van der Waals surface area (Å²) < 4.78 is 16.5. The molecule has 0 N–H and O–H groups in total. The van der Waals surface area contributed by atoms with Crippen molar-refractivity contribution in [3.63, 3.8) is 0 Å². The number of aliphatic imine (C=N–C) groups is 1. The standard InChI is InChI=1S/C25H24N2O4S/c1-29-20-14-17(15-21(30-2)24(20)31-3)22-16-23(28)27(19-12-8-5-9-13-19)25(32-22)26-18-10-6-4-7-11-18/h4-15,22H,16H2,1-3H3/t22-/m0/s1. The first-order valence-corrected chi connectivity index (χ1v) is 11.0. The second-order valence-electron chi connectivity index (χ2n) is 7.06. The highest BCUT2D eigenvalue weighted by atomic mass is 32.2. The Bertz CT molecular complexity index is 1090. The van der Waals surface area contributed by atoms with Gasteiger partial charge in [-0.25, -0.2) is 4.99 Å². The van der Waals surface area contributed by atoms with Crippen molar-refractivity contribution in [1.82, 2.24) is 0 Å². The Kier molecular flexibility index (Phi) is 6.66. The van der Waals surface area contributed by atoms with E-state index in [4.69, 9.17) is 19.2 Å². The Labute approximate surface area is 191 Å². The minimum Gasteiger partial charge on any atom is -0.493 e. The van der Waals surface area contributed by atoms with Crippen LogP contribution in [0.2, 0.25) is 0 Å². The van der Waals surface area contributed by atoms with Crippen LogP contribution in [0.3, 0.4) is 0 Å². The molecule has 1 aliphatic heterocycles. The van der Waals surface area contributed by atoms with Crippen molar-refractivity contribution in [1.29, 1.82) is 0 Å². The summed E-state index contributed by atoms with van der Waals surface area (Å²) in [6, 6.07) is 23.0. The van der Waals surface area contributed by atoms with Gasteiger partial charge in [0.1, 0.15) is 0 Å². The van der Waals surface area contributed by atoms with Crippen LogP contribution in [0, 0.1) is 0 Å². The van der Waals surface area contributed by atoms with Crippen LogP contribution < -0.4 is 19.1 Å². The largest absolute Gasteiger partial charge is 0.493 e. The van der Waals surface area contributed by atoms with Gasteiger partial charge in [0.25, 0.3) is 0 Å². The summed E-state index contributed by atoms with van der Waals surface area (Å²) in [5, 5.41) is 0.469. The van der Waals surface area contributed by atoms with Gasteiger partial charge in [0.2, 0.25) is 11.7 Å². The van der Waals surface area contributed by atoms with Gasteiger partial charge in [-0.05, 0) is 42.0 Å². The predicted molar refractivity (Wildman–Crippen MR) is 129 cm³/mol. The van der Waals surface area contributed by atoms with Gasteiger partial charge in [-0.2, -0.15) is 0 Å². The van der Waals surface area contributed by atoms with Crippen LogP contribution in [0.4, 0.5) is 11.4 Å². The van der Waals surface area contributed by atoms with Crippen LogP contribution in [-0.2, 0) is 4.79 Å². The highest BCUT2D eigenvalue weighted by Crippen LogP contribution is 2.46.